The van der Waals surface area contributed by atoms with Crippen LogP contribution in [0.1, 0.15) is 46.1 Å². The molecule has 3 N–H and O–H groups in total. The predicted octanol–water partition coefficient (Wildman–Crippen LogP) is 3.27. The molecule has 0 radical (unpaired) electrons. The second-order valence-corrected chi connectivity index (χ2v) is 7.51. The summed E-state index contributed by atoms with van der Waals surface area (Å²) < 4.78 is 5.70. The second kappa shape index (κ2) is 8.72. The van der Waals surface area contributed by atoms with E-state index in [1.807, 2.05) is 38.1 Å². The van der Waals surface area contributed by atoms with Gasteiger partial charge in [0.2, 0.25) is 5.91 Å². The number of benzene rings is 1. The molecule has 1 aromatic rings. The molecule has 0 heterocycles. The maximum Gasteiger partial charge on any atom is 0.230 e. The summed E-state index contributed by atoms with van der Waals surface area (Å²) in [6.45, 7) is 9.35. The smallest absolute Gasteiger partial charge is 0.230 e. The minimum atomic E-state index is -0.584. The summed E-state index contributed by atoms with van der Waals surface area (Å²) in [6, 6.07) is 7.94. The Morgan fingerprint density at radius 1 is 1.29 bits per heavy atom. The number of hydrogen-bond acceptors (Lipinski definition) is 3. The van der Waals surface area contributed by atoms with Gasteiger partial charge in [0.15, 0.2) is 0 Å². The minimum absolute atomic E-state index is 0. The van der Waals surface area contributed by atoms with Crippen LogP contribution in [0.3, 0.4) is 0 Å². The van der Waals surface area contributed by atoms with Crippen LogP contribution < -0.4 is 15.8 Å². The zero-order chi connectivity index (χ0) is 17.0. The van der Waals surface area contributed by atoms with Crippen LogP contribution in [0.25, 0.3) is 0 Å². The van der Waals surface area contributed by atoms with Gasteiger partial charge in [-0.2, -0.15) is 0 Å². The number of carbonyl (C=O) groups is 1. The average Bonchev–Trinajstić information content (AvgIpc) is 3.35. The summed E-state index contributed by atoms with van der Waals surface area (Å²) >= 11 is 0. The zero-order valence-corrected chi connectivity index (χ0v) is 16.0. The third-order valence-electron chi connectivity index (χ3n) is 4.49. The normalized spacial score (nSPS) is 15.6. The van der Waals surface area contributed by atoms with Crippen LogP contribution in [0.2, 0.25) is 0 Å². The van der Waals surface area contributed by atoms with Gasteiger partial charge >= 0.3 is 0 Å². The number of amides is 1. The van der Waals surface area contributed by atoms with Crippen molar-refractivity contribution in [3.8, 4) is 5.75 Å². The van der Waals surface area contributed by atoms with E-state index in [1.54, 1.807) is 0 Å². The summed E-state index contributed by atoms with van der Waals surface area (Å²) in [5.74, 6) is 1.94. The third kappa shape index (κ3) is 5.38. The summed E-state index contributed by atoms with van der Waals surface area (Å²) in [5, 5.41) is 3.13. The molecule has 1 fully saturated rings. The summed E-state index contributed by atoms with van der Waals surface area (Å²) in [7, 11) is 0. The number of hydrogen-bond donors (Lipinski definition) is 2. The molecule has 0 aliphatic heterocycles. The van der Waals surface area contributed by atoms with E-state index in [1.165, 1.54) is 12.8 Å². The Kier molecular flexibility index (Phi) is 7.56. The van der Waals surface area contributed by atoms with Crippen molar-refractivity contribution < 1.29 is 9.53 Å². The molecular formula is C19H31ClN2O2. The number of nitrogens with two attached hydrogens (primary N) is 1. The molecule has 0 bridgehead atoms. The maximum atomic E-state index is 12.7. The molecule has 136 valence electrons. The number of carbonyl (C=O) groups excluding carboxylic acids is 1. The third-order valence-corrected chi connectivity index (χ3v) is 4.49. The van der Waals surface area contributed by atoms with E-state index in [0.29, 0.717) is 25.0 Å². The van der Waals surface area contributed by atoms with E-state index >= 15 is 0 Å². The summed E-state index contributed by atoms with van der Waals surface area (Å²) in [6.07, 6.45) is 2.34. The van der Waals surface area contributed by atoms with Gasteiger partial charge < -0.3 is 15.8 Å². The van der Waals surface area contributed by atoms with Crippen molar-refractivity contribution in [3.63, 3.8) is 0 Å². The van der Waals surface area contributed by atoms with Gasteiger partial charge in [-0.15, -0.1) is 12.4 Å². The van der Waals surface area contributed by atoms with Crippen molar-refractivity contribution in [1.29, 1.82) is 0 Å². The highest BCUT2D eigenvalue weighted by Gasteiger charge is 2.36. The second-order valence-electron chi connectivity index (χ2n) is 7.51. The Bertz CT molecular complexity index is 525. The van der Waals surface area contributed by atoms with Crippen molar-refractivity contribution in [1.82, 2.24) is 5.32 Å². The van der Waals surface area contributed by atoms with Crippen molar-refractivity contribution in [3.05, 3.63) is 29.8 Å². The van der Waals surface area contributed by atoms with E-state index in [2.05, 4.69) is 19.2 Å². The molecule has 0 saturated heterocycles. The van der Waals surface area contributed by atoms with Gasteiger partial charge in [-0.05, 0) is 56.2 Å². The molecule has 1 aliphatic carbocycles. The van der Waals surface area contributed by atoms with Crippen molar-refractivity contribution >= 4 is 18.3 Å². The predicted molar refractivity (Wildman–Crippen MR) is 101 cm³/mol. The van der Waals surface area contributed by atoms with Gasteiger partial charge in [0.05, 0.1) is 12.0 Å². The Hall–Kier alpha value is -1.26. The van der Waals surface area contributed by atoms with Gasteiger partial charge in [-0.3, -0.25) is 4.79 Å². The molecule has 1 aliphatic rings. The summed E-state index contributed by atoms with van der Waals surface area (Å²) in [4.78, 5) is 12.7. The summed E-state index contributed by atoms with van der Waals surface area (Å²) in [5.41, 5.74) is 6.19. The molecule has 2 rings (SSSR count). The number of rotatable bonds is 8. The Balaban J connectivity index is 0.00000288. The van der Waals surface area contributed by atoms with Crippen LogP contribution in [-0.2, 0) is 10.2 Å². The first-order valence-electron chi connectivity index (χ1n) is 8.59. The monoisotopic (exact) mass is 354 g/mol. The zero-order valence-electron chi connectivity index (χ0n) is 15.2. The lowest BCUT2D eigenvalue weighted by Gasteiger charge is -2.27. The molecule has 1 atom stereocenters. The quantitative estimate of drug-likeness (QED) is 0.753. The van der Waals surface area contributed by atoms with Crippen LogP contribution in [0.5, 0.6) is 5.75 Å². The Labute approximate surface area is 151 Å². The topological polar surface area (TPSA) is 64.3 Å². The highest BCUT2D eigenvalue weighted by molar-refractivity contribution is 5.87. The van der Waals surface area contributed by atoms with Crippen LogP contribution in [0.15, 0.2) is 24.3 Å². The Morgan fingerprint density at radius 3 is 2.33 bits per heavy atom. The van der Waals surface area contributed by atoms with E-state index in [0.717, 1.165) is 11.3 Å². The van der Waals surface area contributed by atoms with Crippen molar-refractivity contribution in [2.45, 2.75) is 52.0 Å². The van der Waals surface area contributed by atoms with Crippen LogP contribution in [0.4, 0.5) is 0 Å². The van der Waals surface area contributed by atoms with Crippen LogP contribution >= 0.6 is 12.4 Å². The fourth-order valence-electron chi connectivity index (χ4n) is 2.58. The minimum Gasteiger partial charge on any atom is -0.493 e. The van der Waals surface area contributed by atoms with E-state index in [-0.39, 0.29) is 24.4 Å². The molecular weight excluding hydrogens is 324 g/mol. The van der Waals surface area contributed by atoms with E-state index in [4.69, 9.17) is 10.5 Å². The average molecular weight is 355 g/mol. The SMILES string of the molecule is CC(C)COc1ccc(C(C)(C)C(=O)NC(CN)C2CC2)cc1.Cl. The molecule has 5 heteroatoms. The standard InChI is InChI=1S/C19H30N2O2.ClH/c1-13(2)12-23-16-9-7-15(8-10-16)19(3,4)18(22)21-17(11-20)14-5-6-14;/h7-10,13-14,17H,5-6,11-12,20H2,1-4H3,(H,21,22);1H. The number of halogens is 1. The molecule has 0 aromatic heterocycles. The molecule has 1 unspecified atom stereocenters. The fourth-order valence-corrected chi connectivity index (χ4v) is 2.58. The molecule has 4 nitrogen and oxygen atoms in total. The Morgan fingerprint density at radius 2 is 1.88 bits per heavy atom. The molecule has 0 spiro atoms. The first kappa shape index (κ1) is 20.8. The van der Waals surface area contributed by atoms with Crippen molar-refractivity contribution in [2.75, 3.05) is 13.2 Å². The van der Waals surface area contributed by atoms with Gasteiger partial charge in [0, 0.05) is 12.6 Å². The number of nitrogens with one attached hydrogen (secondary N) is 1. The highest BCUT2D eigenvalue weighted by Crippen LogP contribution is 2.33. The highest BCUT2D eigenvalue weighted by atomic mass is 35.5. The van der Waals surface area contributed by atoms with Crippen LogP contribution in [0, 0.1) is 11.8 Å². The van der Waals surface area contributed by atoms with E-state index in [9.17, 15) is 4.79 Å². The largest absolute Gasteiger partial charge is 0.493 e. The lowest BCUT2D eigenvalue weighted by atomic mass is 9.83. The van der Waals surface area contributed by atoms with E-state index < -0.39 is 5.41 Å². The van der Waals surface area contributed by atoms with Gasteiger partial charge in [-0.25, -0.2) is 0 Å². The molecule has 1 amide bonds. The molecule has 1 aromatic carbocycles. The first-order valence-corrected chi connectivity index (χ1v) is 8.59. The lowest BCUT2D eigenvalue weighted by Crippen LogP contribution is -2.48. The lowest BCUT2D eigenvalue weighted by molar-refractivity contribution is -0.126. The molecule has 1 saturated carbocycles. The van der Waals surface area contributed by atoms with Gasteiger partial charge in [0.25, 0.3) is 0 Å². The maximum absolute atomic E-state index is 12.7. The number of ether oxygens (including phenoxy) is 1. The van der Waals surface area contributed by atoms with Crippen molar-refractivity contribution in [2.24, 2.45) is 17.6 Å². The van der Waals surface area contributed by atoms with Gasteiger partial charge in [0.1, 0.15) is 5.75 Å². The fraction of sp³-hybridized carbons (Fsp3) is 0.632. The molecule has 24 heavy (non-hydrogen) atoms. The van der Waals surface area contributed by atoms with Gasteiger partial charge in [-0.1, -0.05) is 26.0 Å². The first-order chi connectivity index (χ1) is 10.8. The van der Waals surface area contributed by atoms with Crippen LogP contribution in [-0.4, -0.2) is 25.1 Å².